The van der Waals surface area contributed by atoms with Gasteiger partial charge in [-0.15, -0.1) is 0 Å². The molecule has 0 amide bonds. The second-order valence-corrected chi connectivity index (χ2v) is 5.11. The van der Waals surface area contributed by atoms with Gasteiger partial charge in [-0.3, -0.25) is 0 Å². The van der Waals surface area contributed by atoms with Crippen LogP contribution in [0.25, 0.3) is 0 Å². The Morgan fingerprint density at radius 1 is 1.06 bits per heavy atom. The second-order valence-electron chi connectivity index (χ2n) is 5.11. The van der Waals surface area contributed by atoms with E-state index in [-0.39, 0.29) is 26.2 Å². The average molecular weight is 262 g/mol. The molecule has 0 heterocycles. The van der Waals surface area contributed by atoms with Gasteiger partial charge in [0, 0.05) is 11.8 Å². The molecule has 2 aliphatic rings. The molecule has 7 heteroatoms. The lowest BCUT2D eigenvalue weighted by Gasteiger charge is -2.46. The van der Waals surface area contributed by atoms with Crippen LogP contribution in [0, 0.1) is 11.8 Å². The number of hydrogen-bond acceptors (Lipinski definition) is 1. The summed E-state index contributed by atoms with van der Waals surface area (Å²) in [6.45, 7) is 0.0988. The summed E-state index contributed by atoms with van der Waals surface area (Å²) in [5, 5.41) is 9.29. The van der Waals surface area contributed by atoms with Crippen molar-refractivity contribution in [3.8, 4) is 0 Å². The van der Waals surface area contributed by atoms with Crippen LogP contribution in [0.15, 0.2) is 0 Å². The zero-order chi connectivity index (χ0) is 13.3. The van der Waals surface area contributed by atoms with Crippen molar-refractivity contribution in [1.82, 2.24) is 0 Å². The Morgan fingerprint density at radius 2 is 1.53 bits per heavy atom. The molecule has 0 aliphatic heterocycles. The Hall–Kier alpha value is -0.460. The first-order valence-corrected chi connectivity index (χ1v) is 5.32. The van der Waals surface area contributed by atoms with Crippen molar-refractivity contribution in [1.29, 1.82) is 0 Å². The van der Waals surface area contributed by atoms with Gasteiger partial charge in [-0.2, -0.15) is 13.2 Å². The fraction of sp³-hybridized carbons (Fsp3) is 1.00. The van der Waals surface area contributed by atoms with Crippen molar-refractivity contribution in [3.63, 3.8) is 0 Å². The molecule has 2 bridgehead atoms. The molecule has 2 aliphatic carbocycles. The summed E-state index contributed by atoms with van der Waals surface area (Å²) >= 11 is 0. The van der Waals surface area contributed by atoms with Gasteiger partial charge in [-0.05, 0) is 26.2 Å². The highest BCUT2D eigenvalue weighted by molar-refractivity contribution is 5.21. The zero-order valence-corrected chi connectivity index (χ0v) is 8.99. The SMILES string of the molecule is CC(O)(C(F)(F)F)C1(F)C2CCC(C2)C1(F)F. The molecule has 0 aromatic rings. The third-order valence-electron chi connectivity index (χ3n) is 4.25. The van der Waals surface area contributed by atoms with Crippen molar-refractivity contribution < 1.29 is 31.4 Å². The molecule has 0 saturated heterocycles. The van der Waals surface area contributed by atoms with Crippen LogP contribution in [-0.4, -0.2) is 28.5 Å². The van der Waals surface area contributed by atoms with E-state index in [0.29, 0.717) is 0 Å². The smallest absolute Gasteiger partial charge is 0.378 e. The van der Waals surface area contributed by atoms with Crippen molar-refractivity contribution in [2.45, 2.75) is 49.6 Å². The van der Waals surface area contributed by atoms with E-state index in [4.69, 9.17) is 0 Å². The molecule has 2 rings (SSSR count). The number of rotatable bonds is 1. The van der Waals surface area contributed by atoms with E-state index in [9.17, 15) is 31.4 Å². The Kier molecular flexibility index (Phi) is 2.37. The van der Waals surface area contributed by atoms with Crippen LogP contribution < -0.4 is 0 Å². The number of alkyl halides is 6. The Bertz CT molecular complexity index is 336. The first-order valence-electron chi connectivity index (χ1n) is 5.32. The van der Waals surface area contributed by atoms with E-state index in [1.165, 1.54) is 0 Å². The summed E-state index contributed by atoms with van der Waals surface area (Å²) in [4.78, 5) is 0. The van der Waals surface area contributed by atoms with Crippen LogP contribution in [0.5, 0.6) is 0 Å². The number of halogens is 6. The van der Waals surface area contributed by atoms with Gasteiger partial charge in [0.15, 0.2) is 5.60 Å². The van der Waals surface area contributed by atoms with Crippen molar-refractivity contribution in [3.05, 3.63) is 0 Å². The van der Waals surface area contributed by atoms with E-state index in [2.05, 4.69) is 0 Å². The van der Waals surface area contributed by atoms with Crippen molar-refractivity contribution in [2.24, 2.45) is 11.8 Å². The molecule has 1 nitrogen and oxygen atoms in total. The molecule has 2 saturated carbocycles. The number of aliphatic hydroxyl groups is 1. The van der Waals surface area contributed by atoms with Gasteiger partial charge in [-0.1, -0.05) is 0 Å². The highest BCUT2D eigenvalue weighted by atomic mass is 19.4. The van der Waals surface area contributed by atoms with Gasteiger partial charge in [0.25, 0.3) is 5.92 Å². The van der Waals surface area contributed by atoms with E-state index >= 15 is 0 Å². The predicted octanol–water partition coefficient (Wildman–Crippen LogP) is 3.07. The van der Waals surface area contributed by atoms with Crippen LogP contribution in [-0.2, 0) is 0 Å². The molecule has 4 atom stereocenters. The maximum absolute atomic E-state index is 14.3. The van der Waals surface area contributed by atoms with E-state index < -0.39 is 35.2 Å². The van der Waals surface area contributed by atoms with Crippen molar-refractivity contribution in [2.75, 3.05) is 0 Å². The molecule has 17 heavy (non-hydrogen) atoms. The summed E-state index contributed by atoms with van der Waals surface area (Å²) in [6, 6.07) is 0. The van der Waals surface area contributed by atoms with E-state index in [1.54, 1.807) is 0 Å². The summed E-state index contributed by atoms with van der Waals surface area (Å²) in [6.07, 6.45) is -5.74. The minimum Gasteiger partial charge on any atom is -0.378 e. The van der Waals surface area contributed by atoms with E-state index in [1.807, 2.05) is 0 Å². The molecule has 0 aromatic heterocycles. The minimum absolute atomic E-state index is 0.0112. The summed E-state index contributed by atoms with van der Waals surface area (Å²) < 4.78 is 79.4. The Morgan fingerprint density at radius 3 is 1.88 bits per heavy atom. The van der Waals surface area contributed by atoms with Crippen LogP contribution in [0.2, 0.25) is 0 Å². The maximum Gasteiger partial charge on any atom is 0.420 e. The fourth-order valence-electron chi connectivity index (χ4n) is 3.17. The molecular weight excluding hydrogens is 250 g/mol. The summed E-state index contributed by atoms with van der Waals surface area (Å²) in [5.41, 5.74) is -7.94. The molecule has 0 aromatic carbocycles. The first-order chi connectivity index (χ1) is 7.46. The molecule has 1 N–H and O–H groups in total. The third kappa shape index (κ3) is 1.26. The maximum atomic E-state index is 14.3. The number of fused-ring (bicyclic) bond motifs is 2. The molecule has 2 fully saturated rings. The van der Waals surface area contributed by atoms with E-state index in [0.717, 1.165) is 0 Å². The lowest BCUT2D eigenvalue weighted by Crippen LogP contribution is -2.68. The highest BCUT2D eigenvalue weighted by Gasteiger charge is 2.82. The predicted molar refractivity (Wildman–Crippen MR) is 46.3 cm³/mol. The monoisotopic (exact) mass is 262 g/mol. The lowest BCUT2D eigenvalue weighted by atomic mass is 9.71. The average Bonchev–Trinajstić information content (AvgIpc) is 2.67. The lowest BCUT2D eigenvalue weighted by molar-refractivity contribution is -0.343. The fourth-order valence-corrected chi connectivity index (χ4v) is 3.17. The normalized spacial score (nSPS) is 43.8. The van der Waals surface area contributed by atoms with Crippen molar-refractivity contribution >= 4 is 0 Å². The minimum atomic E-state index is -5.42. The highest BCUT2D eigenvalue weighted by Crippen LogP contribution is 2.66. The topological polar surface area (TPSA) is 20.2 Å². The third-order valence-corrected chi connectivity index (χ3v) is 4.25. The second kappa shape index (κ2) is 3.10. The van der Waals surface area contributed by atoms with Crippen LogP contribution in [0.3, 0.4) is 0 Å². The molecular formula is C10H12F6O. The quantitative estimate of drug-likeness (QED) is 0.720. The van der Waals surface area contributed by atoms with Crippen LogP contribution in [0.1, 0.15) is 26.2 Å². The molecule has 100 valence electrons. The summed E-state index contributed by atoms with van der Waals surface area (Å²) in [5.74, 6) is -6.96. The first kappa shape index (κ1) is 13.0. The summed E-state index contributed by atoms with van der Waals surface area (Å²) in [7, 11) is 0. The van der Waals surface area contributed by atoms with Gasteiger partial charge in [0.05, 0.1) is 0 Å². The number of hydrogen-bond donors (Lipinski definition) is 1. The van der Waals surface area contributed by atoms with Gasteiger partial charge >= 0.3 is 6.18 Å². The molecule has 4 unspecified atom stereocenters. The van der Waals surface area contributed by atoms with Gasteiger partial charge in [0.2, 0.25) is 5.67 Å². The Balaban J connectivity index is 2.50. The largest absolute Gasteiger partial charge is 0.420 e. The molecule has 0 radical (unpaired) electrons. The molecule has 0 spiro atoms. The van der Waals surface area contributed by atoms with Gasteiger partial charge in [-0.25, -0.2) is 13.2 Å². The standard InChI is InChI=1S/C10H12F6O/c1-7(17,10(14,15)16)8(11)5-2-3-6(4-5)9(8,12)13/h5-6,17H,2-4H2,1H3. The van der Waals surface area contributed by atoms with Gasteiger partial charge < -0.3 is 5.11 Å². The Labute approximate surface area is 93.8 Å². The van der Waals surface area contributed by atoms with Crippen LogP contribution >= 0.6 is 0 Å². The van der Waals surface area contributed by atoms with Gasteiger partial charge in [0.1, 0.15) is 0 Å². The zero-order valence-electron chi connectivity index (χ0n) is 8.99. The van der Waals surface area contributed by atoms with Crippen LogP contribution in [0.4, 0.5) is 26.3 Å².